The number of nitrogens with zero attached hydrogens (tertiary/aromatic N) is 4. The summed E-state index contributed by atoms with van der Waals surface area (Å²) in [6.45, 7) is 6.19. The highest BCUT2D eigenvalue weighted by molar-refractivity contribution is 7.99. The summed E-state index contributed by atoms with van der Waals surface area (Å²) in [5, 5.41) is 11.3. The molecule has 0 bridgehead atoms. The van der Waals surface area contributed by atoms with E-state index in [4.69, 9.17) is 4.42 Å². The molecule has 3 rings (SSSR count). The monoisotopic (exact) mass is 373 g/mol. The molecule has 0 aliphatic rings. The van der Waals surface area contributed by atoms with Crippen LogP contribution in [0.4, 0.5) is 6.01 Å². The summed E-state index contributed by atoms with van der Waals surface area (Å²) in [5.41, 5.74) is 0.503. The van der Waals surface area contributed by atoms with E-state index in [0.717, 1.165) is 0 Å². The summed E-state index contributed by atoms with van der Waals surface area (Å²) >= 11 is 1.19. The molecular weight excluding hydrogens is 354 g/mol. The van der Waals surface area contributed by atoms with Crippen LogP contribution in [0, 0.1) is 0 Å². The Bertz CT molecular complexity index is 995. The van der Waals surface area contributed by atoms with Crippen LogP contribution in [-0.2, 0) is 11.3 Å². The fourth-order valence-corrected chi connectivity index (χ4v) is 3.20. The smallest absolute Gasteiger partial charge is 0.322 e. The average molecular weight is 373 g/mol. The summed E-state index contributed by atoms with van der Waals surface area (Å²) in [7, 11) is 0. The van der Waals surface area contributed by atoms with E-state index in [0.29, 0.717) is 28.5 Å². The van der Waals surface area contributed by atoms with Crippen molar-refractivity contribution in [3.8, 4) is 0 Å². The van der Waals surface area contributed by atoms with Crippen LogP contribution in [0.3, 0.4) is 0 Å². The van der Waals surface area contributed by atoms with Crippen molar-refractivity contribution >= 4 is 34.6 Å². The third-order valence-corrected chi connectivity index (χ3v) is 4.63. The molecule has 3 aromatic rings. The van der Waals surface area contributed by atoms with Gasteiger partial charge in [-0.25, -0.2) is 4.98 Å². The van der Waals surface area contributed by atoms with Gasteiger partial charge in [0.2, 0.25) is 11.8 Å². The van der Waals surface area contributed by atoms with Gasteiger partial charge < -0.3 is 4.42 Å². The number of carbonyl (C=O) groups is 1. The van der Waals surface area contributed by atoms with Gasteiger partial charge in [0.05, 0.1) is 16.7 Å². The predicted octanol–water partition coefficient (Wildman–Crippen LogP) is 2.65. The number of thioether (sulfide) groups is 1. The van der Waals surface area contributed by atoms with Gasteiger partial charge in [0, 0.05) is 12.5 Å². The van der Waals surface area contributed by atoms with Crippen molar-refractivity contribution in [3.05, 3.63) is 40.5 Å². The van der Waals surface area contributed by atoms with Crippen LogP contribution < -0.4 is 10.9 Å². The van der Waals surface area contributed by atoms with Crippen molar-refractivity contribution in [2.75, 3.05) is 11.1 Å². The van der Waals surface area contributed by atoms with Crippen LogP contribution >= 0.6 is 11.8 Å². The first-order valence-electron chi connectivity index (χ1n) is 8.25. The van der Waals surface area contributed by atoms with Crippen LogP contribution in [0.1, 0.15) is 32.6 Å². The summed E-state index contributed by atoms with van der Waals surface area (Å²) in [4.78, 5) is 29.2. The SMILES string of the molecule is CCn1c(SCC(=O)Nc2nnc(C(C)C)o2)nc2ccccc2c1=O. The lowest BCUT2D eigenvalue weighted by Gasteiger charge is -2.10. The van der Waals surface area contributed by atoms with Gasteiger partial charge in [-0.15, -0.1) is 5.10 Å². The summed E-state index contributed by atoms with van der Waals surface area (Å²) < 4.78 is 6.91. The molecule has 0 radical (unpaired) electrons. The van der Waals surface area contributed by atoms with Gasteiger partial charge in [0.15, 0.2) is 5.16 Å². The standard InChI is InChI=1S/C17H19N5O3S/c1-4-22-15(24)11-7-5-6-8-12(11)18-17(22)26-9-13(23)19-16-21-20-14(25-16)10(2)3/h5-8,10H,4,9H2,1-3H3,(H,19,21,23). The van der Waals surface area contributed by atoms with Crippen molar-refractivity contribution in [3.63, 3.8) is 0 Å². The summed E-state index contributed by atoms with van der Waals surface area (Å²) in [6, 6.07) is 7.24. The molecule has 0 aliphatic heterocycles. The molecule has 2 aromatic heterocycles. The zero-order valence-electron chi connectivity index (χ0n) is 14.7. The van der Waals surface area contributed by atoms with Crippen LogP contribution in [0.15, 0.2) is 38.6 Å². The van der Waals surface area contributed by atoms with E-state index in [-0.39, 0.29) is 29.2 Å². The molecule has 1 amide bonds. The number of carbonyl (C=O) groups excluding carboxylic acids is 1. The third kappa shape index (κ3) is 3.77. The summed E-state index contributed by atoms with van der Waals surface area (Å²) in [5.74, 6) is 0.316. The van der Waals surface area contributed by atoms with Crippen molar-refractivity contribution in [1.29, 1.82) is 0 Å². The highest BCUT2D eigenvalue weighted by Gasteiger charge is 2.15. The third-order valence-electron chi connectivity index (χ3n) is 3.66. The Morgan fingerprint density at radius 3 is 2.77 bits per heavy atom. The Kier molecular flexibility index (Phi) is 5.36. The lowest BCUT2D eigenvalue weighted by Crippen LogP contribution is -2.23. The number of aromatic nitrogens is 4. The van der Waals surface area contributed by atoms with E-state index in [2.05, 4.69) is 20.5 Å². The number of anilines is 1. The molecule has 0 spiro atoms. The molecule has 8 nitrogen and oxygen atoms in total. The van der Waals surface area contributed by atoms with E-state index in [9.17, 15) is 9.59 Å². The minimum Gasteiger partial charge on any atom is -0.408 e. The van der Waals surface area contributed by atoms with E-state index >= 15 is 0 Å². The molecule has 1 aromatic carbocycles. The molecule has 0 unspecified atom stereocenters. The highest BCUT2D eigenvalue weighted by Crippen LogP contribution is 2.19. The maximum absolute atomic E-state index is 12.6. The molecule has 26 heavy (non-hydrogen) atoms. The quantitative estimate of drug-likeness (QED) is 0.523. The Balaban J connectivity index is 1.74. The van der Waals surface area contributed by atoms with E-state index in [1.165, 1.54) is 11.8 Å². The van der Waals surface area contributed by atoms with E-state index in [1.54, 1.807) is 16.7 Å². The number of hydrogen-bond acceptors (Lipinski definition) is 7. The molecular formula is C17H19N5O3S. The maximum Gasteiger partial charge on any atom is 0.322 e. The van der Waals surface area contributed by atoms with Gasteiger partial charge in [-0.2, -0.15) is 0 Å². The first-order chi connectivity index (χ1) is 12.5. The lowest BCUT2D eigenvalue weighted by molar-refractivity contribution is -0.113. The Morgan fingerprint density at radius 2 is 2.08 bits per heavy atom. The molecule has 0 atom stereocenters. The van der Waals surface area contributed by atoms with Crippen molar-refractivity contribution < 1.29 is 9.21 Å². The number of fused-ring (bicyclic) bond motifs is 1. The second kappa shape index (κ2) is 7.69. The van der Waals surface area contributed by atoms with Gasteiger partial charge in [0.1, 0.15) is 0 Å². The topological polar surface area (TPSA) is 103 Å². The maximum atomic E-state index is 12.6. The second-order valence-corrected chi connectivity index (χ2v) is 6.84. The fourth-order valence-electron chi connectivity index (χ4n) is 2.34. The molecule has 1 N–H and O–H groups in total. The van der Waals surface area contributed by atoms with Gasteiger partial charge in [0.25, 0.3) is 5.56 Å². The number of para-hydroxylation sites is 1. The average Bonchev–Trinajstić information content (AvgIpc) is 3.09. The fraction of sp³-hybridized carbons (Fsp3) is 0.353. The zero-order chi connectivity index (χ0) is 18.7. The first kappa shape index (κ1) is 18.1. The van der Waals surface area contributed by atoms with Crippen molar-refractivity contribution in [2.45, 2.75) is 38.4 Å². The highest BCUT2D eigenvalue weighted by atomic mass is 32.2. The Hall–Kier alpha value is -2.68. The number of benzene rings is 1. The first-order valence-corrected chi connectivity index (χ1v) is 9.23. The van der Waals surface area contributed by atoms with E-state index < -0.39 is 0 Å². The van der Waals surface area contributed by atoms with Crippen molar-refractivity contribution in [1.82, 2.24) is 19.7 Å². The Morgan fingerprint density at radius 1 is 1.31 bits per heavy atom. The normalized spacial score (nSPS) is 11.2. The molecule has 9 heteroatoms. The van der Waals surface area contributed by atoms with Gasteiger partial charge in [-0.1, -0.05) is 42.8 Å². The number of hydrogen-bond donors (Lipinski definition) is 1. The summed E-state index contributed by atoms with van der Waals surface area (Å²) in [6.07, 6.45) is 0. The molecule has 0 aliphatic carbocycles. The van der Waals surface area contributed by atoms with Crippen LogP contribution in [0.2, 0.25) is 0 Å². The number of nitrogens with one attached hydrogen (secondary N) is 1. The predicted molar refractivity (Wildman–Crippen MR) is 99.4 cm³/mol. The van der Waals surface area contributed by atoms with Crippen LogP contribution in [0.5, 0.6) is 0 Å². The Labute approximate surface area is 154 Å². The van der Waals surface area contributed by atoms with Gasteiger partial charge in [-0.3, -0.25) is 19.5 Å². The van der Waals surface area contributed by atoms with E-state index in [1.807, 2.05) is 32.9 Å². The second-order valence-electron chi connectivity index (χ2n) is 5.90. The molecule has 136 valence electrons. The van der Waals surface area contributed by atoms with Gasteiger partial charge in [-0.05, 0) is 19.1 Å². The molecule has 0 saturated carbocycles. The lowest BCUT2D eigenvalue weighted by atomic mass is 10.2. The van der Waals surface area contributed by atoms with Gasteiger partial charge >= 0.3 is 6.01 Å². The largest absolute Gasteiger partial charge is 0.408 e. The number of amides is 1. The molecule has 2 heterocycles. The van der Waals surface area contributed by atoms with Crippen LogP contribution in [-0.4, -0.2) is 31.4 Å². The van der Waals surface area contributed by atoms with Crippen LogP contribution in [0.25, 0.3) is 10.9 Å². The molecule has 0 saturated heterocycles. The molecule has 0 fully saturated rings. The minimum absolute atomic E-state index is 0.0682. The van der Waals surface area contributed by atoms with Crippen molar-refractivity contribution in [2.24, 2.45) is 0 Å². The minimum atomic E-state index is -0.306. The number of rotatable bonds is 6. The zero-order valence-corrected chi connectivity index (χ0v) is 15.5.